The predicted molar refractivity (Wildman–Crippen MR) is 88.5 cm³/mol. The van der Waals surface area contributed by atoms with Gasteiger partial charge in [0, 0.05) is 6.42 Å². The Labute approximate surface area is 131 Å². The SMILES string of the molecule is CCCCCCCCC[S+](C)CC(=O)N[C@H]1CCOC1=O. The zero-order chi connectivity index (χ0) is 15.5. The second-order valence-corrected chi connectivity index (χ2v) is 8.09. The quantitative estimate of drug-likeness (QED) is 0.362. The minimum absolute atomic E-state index is 0.00682. The van der Waals surface area contributed by atoms with Crippen LogP contribution in [-0.2, 0) is 25.2 Å². The highest BCUT2D eigenvalue weighted by Gasteiger charge is 2.29. The Morgan fingerprint density at radius 2 is 1.90 bits per heavy atom. The first-order chi connectivity index (χ1) is 10.1. The number of nitrogens with one attached hydrogen (secondary N) is 1. The molecule has 0 radical (unpaired) electrons. The average molecular weight is 316 g/mol. The highest BCUT2D eigenvalue weighted by Crippen LogP contribution is 2.09. The van der Waals surface area contributed by atoms with Gasteiger partial charge in [-0.1, -0.05) is 39.0 Å². The van der Waals surface area contributed by atoms with Gasteiger partial charge in [0.1, 0.15) is 11.8 Å². The Balaban J connectivity index is 2.00. The highest BCUT2D eigenvalue weighted by molar-refractivity contribution is 7.96. The number of unbranched alkanes of at least 4 members (excludes halogenated alkanes) is 6. The molecule has 1 unspecified atom stereocenters. The number of rotatable bonds is 11. The molecule has 1 amide bonds. The van der Waals surface area contributed by atoms with E-state index in [0.717, 1.165) is 5.75 Å². The van der Waals surface area contributed by atoms with Gasteiger partial charge in [-0.05, 0) is 23.7 Å². The van der Waals surface area contributed by atoms with E-state index >= 15 is 0 Å². The third-order valence-corrected chi connectivity index (χ3v) is 5.49. The molecule has 0 saturated carbocycles. The molecule has 1 heterocycles. The fourth-order valence-electron chi connectivity index (χ4n) is 2.46. The van der Waals surface area contributed by atoms with Gasteiger partial charge in [-0.25, -0.2) is 4.79 Å². The van der Waals surface area contributed by atoms with E-state index in [-0.39, 0.29) is 22.8 Å². The second-order valence-electron chi connectivity index (χ2n) is 5.83. The summed E-state index contributed by atoms with van der Waals surface area (Å²) in [6, 6.07) is -0.409. The Morgan fingerprint density at radius 1 is 1.24 bits per heavy atom. The van der Waals surface area contributed by atoms with Crippen LogP contribution in [0.5, 0.6) is 0 Å². The zero-order valence-electron chi connectivity index (χ0n) is 13.5. The maximum Gasteiger partial charge on any atom is 0.328 e. The van der Waals surface area contributed by atoms with Crippen molar-refractivity contribution in [3.63, 3.8) is 0 Å². The van der Waals surface area contributed by atoms with Crippen molar-refractivity contribution < 1.29 is 14.3 Å². The van der Waals surface area contributed by atoms with E-state index < -0.39 is 6.04 Å². The van der Waals surface area contributed by atoms with Gasteiger partial charge in [0.2, 0.25) is 0 Å². The molecular weight excluding hydrogens is 286 g/mol. The Morgan fingerprint density at radius 3 is 2.52 bits per heavy atom. The molecule has 1 aliphatic heterocycles. The van der Waals surface area contributed by atoms with Crippen LogP contribution in [0.1, 0.15) is 58.3 Å². The molecule has 0 bridgehead atoms. The van der Waals surface area contributed by atoms with Crippen LogP contribution in [-0.4, -0.2) is 42.3 Å². The Bertz CT molecular complexity index is 323. The zero-order valence-corrected chi connectivity index (χ0v) is 14.3. The van der Waals surface area contributed by atoms with Gasteiger partial charge in [0.05, 0.1) is 12.9 Å². The summed E-state index contributed by atoms with van der Waals surface area (Å²) in [6.07, 6.45) is 11.9. The summed E-state index contributed by atoms with van der Waals surface area (Å²) in [6.45, 7) is 2.67. The molecule has 1 aliphatic rings. The van der Waals surface area contributed by atoms with Gasteiger partial charge in [-0.2, -0.15) is 0 Å². The van der Waals surface area contributed by atoms with Crippen LogP contribution in [0.15, 0.2) is 0 Å². The fourth-order valence-corrected chi connectivity index (χ4v) is 3.84. The minimum atomic E-state index is -0.409. The van der Waals surface area contributed by atoms with Gasteiger partial charge >= 0.3 is 5.97 Å². The van der Waals surface area contributed by atoms with Crippen LogP contribution >= 0.6 is 0 Å². The summed E-state index contributed by atoms with van der Waals surface area (Å²) >= 11 is 0. The summed E-state index contributed by atoms with van der Waals surface area (Å²) in [5.41, 5.74) is 0. The smallest absolute Gasteiger partial charge is 0.328 e. The normalized spacial score (nSPS) is 19.3. The standard InChI is InChI=1S/C16H29NO3S/c1-3-4-5-6-7-8-9-12-21(2)13-15(18)17-14-10-11-20-16(14)19/h14H,3-13H2,1-2H3/p+1/t14-,21?/m0/s1. The van der Waals surface area contributed by atoms with Crippen molar-refractivity contribution in [1.82, 2.24) is 5.32 Å². The highest BCUT2D eigenvalue weighted by atomic mass is 32.2. The van der Waals surface area contributed by atoms with E-state index in [2.05, 4.69) is 18.5 Å². The lowest BCUT2D eigenvalue weighted by atomic mass is 10.1. The number of carbonyl (C=O) groups is 2. The van der Waals surface area contributed by atoms with Gasteiger partial charge < -0.3 is 10.1 Å². The lowest BCUT2D eigenvalue weighted by molar-refractivity contribution is -0.141. The molecule has 21 heavy (non-hydrogen) atoms. The van der Waals surface area contributed by atoms with E-state index in [1.807, 2.05) is 0 Å². The number of hydrogen-bond donors (Lipinski definition) is 1. The summed E-state index contributed by atoms with van der Waals surface area (Å²) < 4.78 is 4.84. The van der Waals surface area contributed by atoms with Crippen molar-refractivity contribution >= 4 is 22.8 Å². The van der Waals surface area contributed by atoms with Crippen LogP contribution < -0.4 is 5.32 Å². The van der Waals surface area contributed by atoms with Crippen LogP contribution in [0.25, 0.3) is 0 Å². The maximum atomic E-state index is 11.9. The topological polar surface area (TPSA) is 55.4 Å². The monoisotopic (exact) mass is 316 g/mol. The molecule has 1 fully saturated rings. The lowest BCUT2D eigenvalue weighted by Gasteiger charge is -2.08. The van der Waals surface area contributed by atoms with E-state index in [1.54, 1.807) is 0 Å². The van der Waals surface area contributed by atoms with Crippen molar-refractivity contribution in [2.45, 2.75) is 64.3 Å². The Kier molecular flexibility index (Phi) is 9.55. The van der Waals surface area contributed by atoms with Crippen molar-refractivity contribution in [3.05, 3.63) is 0 Å². The molecule has 0 aromatic heterocycles. The molecular formula is C16H30NO3S+. The summed E-state index contributed by atoms with van der Waals surface area (Å²) in [7, 11) is 0.116. The summed E-state index contributed by atoms with van der Waals surface area (Å²) in [5, 5.41) is 2.78. The lowest BCUT2D eigenvalue weighted by Crippen LogP contribution is -2.41. The summed E-state index contributed by atoms with van der Waals surface area (Å²) in [4.78, 5) is 23.1. The first kappa shape index (κ1) is 18.3. The van der Waals surface area contributed by atoms with Gasteiger partial charge in [0.15, 0.2) is 5.75 Å². The average Bonchev–Trinajstić information content (AvgIpc) is 2.83. The molecule has 1 rings (SSSR count). The molecule has 122 valence electrons. The number of ether oxygens (including phenoxy) is 1. The third-order valence-electron chi connectivity index (χ3n) is 3.74. The minimum Gasteiger partial charge on any atom is -0.464 e. The molecule has 2 atom stereocenters. The number of carbonyl (C=O) groups excluding carboxylic acids is 2. The molecule has 0 aromatic rings. The Hall–Kier alpha value is -0.710. The van der Waals surface area contributed by atoms with Crippen LogP contribution in [0.2, 0.25) is 0 Å². The van der Waals surface area contributed by atoms with Gasteiger partial charge in [0.25, 0.3) is 5.91 Å². The van der Waals surface area contributed by atoms with E-state index in [0.29, 0.717) is 18.8 Å². The molecule has 1 saturated heterocycles. The second kappa shape index (κ2) is 10.9. The van der Waals surface area contributed by atoms with E-state index in [4.69, 9.17) is 4.74 Å². The first-order valence-electron chi connectivity index (χ1n) is 8.18. The molecule has 0 spiro atoms. The number of amides is 1. The van der Waals surface area contributed by atoms with Crippen LogP contribution in [0.3, 0.4) is 0 Å². The number of esters is 1. The molecule has 1 N–H and O–H groups in total. The largest absolute Gasteiger partial charge is 0.464 e. The van der Waals surface area contributed by atoms with Crippen LogP contribution in [0, 0.1) is 0 Å². The molecule has 0 aromatic carbocycles. The third kappa shape index (κ3) is 8.34. The summed E-state index contributed by atoms with van der Waals surface area (Å²) in [5.74, 6) is 1.37. The molecule has 4 nitrogen and oxygen atoms in total. The van der Waals surface area contributed by atoms with Crippen molar-refractivity contribution in [2.24, 2.45) is 0 Å². The van der Waals surface area contributed by atoms with Crippen molar-refractivity contribution in [2.75, 3.05) is 24.4 Å². The molecule has 0 aliphatic carbocycles. The predicted octanol–water partition coefficient (Wildman–Crippen LogP) is 2.42. The van der Waals surface area contributed by atoms with E-state index in [9.17, 15) is 9.59 Å². The van der Waals surface area contributed by atoms with Crippen LogP contribution in [0.4, 0.5) is 0 Å². The fraction of sp³-hybridized carbons (Fsp3) is 0.875. The van der Waals surface area contributed by atoms with Crippen molar-refractivity contribution in [3.8, 4) is 0 Å². The molecule has 5 heteroatoms. The van der Waals surface area contributed by atoms with Crippen molar-refractivity contribution in [1.29, 1.82) is 0 Å². The van der Waals surface area contributed by atoms with Gasteiger partial charge in [-0.15, -0.1) is 0 Å². The number of hydrogen-bond acceptors (Lipinski definition) is 3. The maximum absolute atomic E-state index is 11.9. The van der Waals surface area contributed by atoms with Gasteiger partial charge in [-0.3, -0.25) is 4.79 Å². The number of cyclic esters (lactones) is 1. The first-order valence-corrected chi connectivity index (χ1v) is 10.2. The van der Waals surface area contributed by atoms with E-state index in [1.165, 1.54) is 44.9 Å².